The second-order valence-electron chi connectivity index (χ2n) is 5.49. The van der Waals surface area contributed by atoms with E-state index in [1.165, 1.54) is 25.9 Å². The van der Waals surface area contributed by atoms with E-state index in [1.54, 1.807) is 24.3 Å². The summed E-state index contributed by atoms with van der Waals surface area (Å²) >= 11 is 0. The van der Waals surface area contributed by atoms with Crippen molar-refractivity contribution in [1.29, 1.82) is 0 Å². The first-order chi connectivity index (χ1) is 12.0. The van der Waals surface area contributed by atoms with E-state index in [0.717, 1.165) is 11.1 Å². The van der Waals surface area contributed by atoms with Gasteiger partial charge in [0.05, 0.1) is 14.2 Å². The number of carbonyl (C=O) groups is 2. The topological polar surface area (TPSA) is 64.6 Å². The van der Waals surface area contributed by atoms with Gasteiger partial charge in [-0.25, -0.2) is 4.79 Å². The summed E-state index contributed by atoms with van der Waals surface area (Å²) in [5.74, 6) is -0.263. The van der Waals surface area contributed by atoms with Crippen molar-refractivity contribution in [3.63, 3.8) is 0 Å². The summed E-state index contributed by atoms with van der Waals surface area (Å²) in [5, 5.41) is 2.78. The van der Waals surface area contributed by atoms with Crippen molar-refractivity contribution < 1.29 is 19.1 Å². The minimum atomic E-state index is -0.482. The Bertz CT molecular complexity index is 779. The van der Waals surface area contributed by atoms with Crippen LogP contribution in [0.5, 0.6) is 5.75 Å². The number of esters is 1. The zero-order chi connectivity index (χ0) is 18.2. The smallest absolute Gasteiger partial charge is 0.341 e. The number of methoxy groups -OCH3 is 2. The van der Waals surface area contributed by atoms with Gasteiger partial charge in [-0.3, -0.25) is 4.79 Å². The van der Waals surface area contributed by atoms with E-state index in [9.17, 15) is 9.59 Å². The first kappa shape index (κ1) is 18.3. The molecule has 5 heteroatoms. The maximum Gasteiger partial charge on any atom is 0.341 e. The lowest BCUT2D eigenvalue weighted by atomic mass is 10.1. The molecule has 130 valence electrons. The van der Waals surface area contributed by atoms with Gasteiger partial charge in [-0.2, -0.15) is 0 Å². The summed E-state index contributed by atoms with van der Waals surface area (Å²) < 4.78 is 9.88. The Labute approximate surface area is 147 Å². The highest BCUT2D eigenvalue weighted by molar-refractivity contribution is 5.93. The van der Waals surface area contributed by atoms with Crippen LogP contribution in [-0.4, -0.2) is 26.1 Å². The average Bonchev–Trinajstić information content (AvgIpc) is 2.65. The first-order valence-corrected chi connectivity index (χ1v) is 7.81. The maximum absolute atomic E-state index is 11.9. The van der Waals surface area contributed by atoms with E-state index < -0.39 is 5.97 Å². The average molecular weight is 339 g/mol. The van der Waals surface area contributed by atoms with Crippen molar-refractivity contribution >= 4 is 18.0 Å². The summed E-state index contributed by atoms with van der Waals surface area (Å²) in [4.78, 5) is 23.7. The number of benzene rings is 2. The predicted octanol–water partition coefficient (Wildman–Crippen LogP) is 3.12. The quantitative estimate of drug-likeness (QED) is 0.649. The van der Waals surface area contributed by atoms with E-state index in [-0.39, 0.29) is 5.91 Å². The first-order valence-electron chi connectivity index (χ1n) is 7.81. The summed E-state index contributed by atoms with van der Waals surface area (Å²) in [5.41, 5.74) is 3.23. The Morgan fingerprint density at radius 2 is 1.80 bits per heavy atom. The zero-order valence-electron chi connectivity index (χ0n) is 14.5. The van der Waals surface area contributed by atoms with Gasteiger partial charge in [0.2, 0.25) is 5.91 Å². The van der Waals surface area contributed by atoms with Crippen LogP contribution in [0.3, 0.4) is 0 Å². The molecule has 2 aromatic carbocycles. The SMILES string of the molecule is COC(=O)c1cc(CNC(=O)/C=C/c2ccc(C)cc2)ccc1OC. The number of ether oxygens (including phenoxy) is 2. The molecule has 0 aromatic heterocycles. The van der Waals surface area contributed by atoms with Gasteiger partial charge < -0.3 is 14.8 Å². The molecular formula is C20H21NO4. The van der Waals surface area contributed by atoms with Gasteiger partial charge in [-0.1, -0.05) is 35.9 Å². The molecule has 25 heavy (non-hydrogen) atoms. The molecule has 0 aliphatic carbocycles. The Kier molecular flexibility index (Phi) is 6.34. The fraction of sp³-hybridized carbons (Fsp3) is 0.200. The normalized spacial score (nSPS) is 10.5. The van der Waals surface area contributed by atoms with Crippen LogP contribution >= 0.6 is 0 Å². The lowest BCUT2D eigenvalue weighted by Gasteiger charge is -2.09. The highest BCUT2D eigenvalue weighted by Crippen LogP contribution is 2.20. The van der Waals surface area contributed by atoms with Crippen molar-refractivity contribution in [2.24, 2.45) is 0 Å². The molecule has 0 aliphatic heterocycles. The summed E-state index contributed by atoms with van der Waals surface area (Å²) in [6.07, 6.45) is 3.23. The van der Waals surface area contributed by atoms with Crippen LogP contribution in [-0.2, 0) is 16.1 Å². The van der Waals surface area contributed by atoms with Gasteiger partial charge in [0.25, 0.3) is 0 Å². The number of hydrogen-bond donors (Lipinski definition) is 1. The van der Waals surface area contributed by atoms with Gasteiger partial charge >= 0.3 is 5.97 Å². The van der Waals surface area contributed by atoms with Crippen molar-refractivity contribution in [3.05, 3.63) is 70.8 Å². The van der Waals surface area contributed by atoms with Crippen molar-refractivity contribution in [3.8, 4) is 5.75 Å². The van der Waals surface area contributed by atoms with E-state index in [0.29, 0.717) is 17.9 Å². The Balaban J connectivity index is 1.99. The molecule has 0 bridgehead atoms. The van der Waals surface area contributed by atoms with Crippen LogP contribution in [0.25, 0.3) is 6.08 Å². The van der Waals surface area contributed by atoms with Crippen LogP contribution in [0.2, 0.25) is 0 Å². The molecule has 2 aromatic rings. The minimum Gasteiger partial charge on any atom is -0.496 e. The van der Waals surface area contributed by atoms with E-state index in [4.69, 9.17) is 9.47 Å². The number of rotatable bonds is 6. The molecule has 5 nitrogen and oxygen atoms in total. The summed E-state index contributed by atoms with van der Waals surface area (Å²) in [6, 6.07) is 13.0. The largest absolute Gasteiger partial charge is 0.496 e. The standard InChI is InChI=1S/C20H21NO4/c1-14-4-6-15(7-5-14)9-11-19(22)21-13-16-8-10-18(24-2)17(12-16)20(23)25-3/h4-12H,13H2,1-3H3,(H,21,22)/b11-9+. The Hall–Kier alpha value is -3.08. The molecule has 0 saturated heterocycles. The van der Waals surface area contributed by atoms with Gasteiger partial charge in [-0.15, -0.1) is 0 Å². The Morgan fingerprint density at radius 3 is 2.44 bits per heavy atom. The third-order valence-corrected chi connectivity index (χ3v) is 3.64. The van der Waals surface area contributed by atoms with E-state index in [1.807, 2.05) is 31.2 Å². The number of aryl methyl sites for hydroxylation is 1. The van der Waals surface area contributed by atoms with Crippen LogP contribution < -0.4 is 10.1 Å². The second-order valence-corrected chi connectivity index (χ2v) is 5.49. The molecular weight excluding hydrogens is 318 g/mol. The molecule has 0 unspecified atom stereocenters. The lowest BCUT2D eigenvalue weighted by molar-refractivity contribution is -0.116. The molecule has 1 amide bonds. The molecule has 2 rings (SSSR count). The second kappa shape index (κ2) is 8.68. The highest BCUT2D eigenvalue weighted by Gasteiger charge is 2.13. The fourth-order valence-electron chi connectivity index (χ4n) is 2.23. The molecule has 0 radical (unpaired) electrons. The molecule has 0 heterocycles. The lowest BCUT2D eigenvalue weighted by Crippen LogP contribution is -2.20. The molecule has 0 saturated carbocycles. The monoisotopic (exact) mass is 339 g/mol. The molecule has 0 aliphatic rings. The molecule has 1 N–H and O–H groups in total. The van der Waals surface area contributed by atoms with Crippen molar-refractivity contribution in [2.45, 2.75) is 13.5 Å². The van der Waals surface area contributed by atoms with E-state index >= 15 is 0 Å². The zero-order valence-corrected chi connectivity index (χ0v) is 14.5. The van der Waals surface area contributed by atoms with Gasteiger partial charge in [0.1, 0.15) is 11.3 Å². The number of carbonyl (C=O) groups excluding carboxylic acids is 2. The fourth-order valence-corrected chi connectivity index (χ4v) is 2.23. The third-order valence-electron chi connectivity index (χ3n) is 3.64. The van der Waals surface area contributed by atoms with Crippen molar-refractivity contribution in [2.75, 3.05) is 14.2 Å². The van der Waals surface area contributed by atoms with Crippen molar-refractivity contribution in [1.82, 2.24) is 5.32 Å². The van der Waals surface area contributed by atoms with Crippen LogP contribution in [0.1, 0.15) is 27.0 Å². The third kappa shape index (κ3) is 5.21. The number of hydrogen-bond acceptors (Lipinski definition) is 4. The predicted molar refractivity (Wildman–Crippen MR) is 96.4 cm³/mol. The van der Waals surface area contributed by atoms with Crippen LogP contribution in [0, 0.1) is 6.92 Å². The van der Waals surface area contributed by atoms with Gasteiger partial charge in [-0.05, 0) is 36.3 Å². The van der Waals surface area contributed by atoms with E-state index in [2.05, 4.69) is 5.32 Å². The molecule has 0 fully saturated rings. The maximum atomic E-state index is 11.9. The Morgan fingerprint density at radius 1 is 1.08 bits per heavy atom. The van der Waals surface area contributed by atoms with Gasteiger partial charge in [0, 0.05) is 12.6 Å². The summed E-state index contributed by atoms with van der Waals surface area (Å²) in [7, 11) is 2.80. The molecule has 0 spiro atoms. The highest BCUT2D eigenvalue weighted by atomic mass is 16.5. The number of nitrogens with one attached hydrogen (secondary N) is 1. The van der Waals surface area contributed by atoms with Crippen LogP contribution in [0.4, 0.5) is 0 Å². The summed E-state index contributed by atoms with van der Waals surface area (Å²) in [6.45, 7) is 2.31. The minimum absolute atomic E-state index is 0.212. The van der Waals surface area contributed by atoms with Crippen LogP contribution in [0.15, 0.2) is 48.5 Å². The van der Waals surface area contributed by atoms with Gasteiger partial charge in [0.15, 0.2) is 0 Å². The number of amides is 1. The molecule has 0 atom stereocenters.